The number of anilines is 1. The molecule has 0 spiro atoms. The number of nitrogens with one attached hydrogen (secondary N) is 1. The number of carboxylic acid groups (broad SMARTS) is 1. The van der Waals surface area contributed by atoms with Gasteiger partial charge in [0.2, 0.25) is 0 Å². The first-order chi connectivity index (χ1) is 10.0. The first-order valence-corrected chi connectivity index (χ1v) is 6.31. The van der Waals surface area contributed by atoms with Gasteiger partial charge in [0.15, 0.2) is 0 Å². The van der Waals surface area contributed by atoms with Crippen LogP contribution in [0.3, 0.4) is 0 Å². The van der Waals surface area contributed by atoms with Crippen molar-refractivity contribution in [3.63, 3.8) is 0 Å². The van der Waals surface area contributed by atoms with Crippen LogP contribution in [0.2, 0.25) is 0 Å². The van der Waals surface area contributed by atoms with Crippen LogP contribution in [0.5, 0.6) is 5.75 Å². The van der Waals surface area contributed by atoms with E-state index >= 15 is 0 Å². The predicted molar refractivity (Wildman–Crippen MR) is 79.1 cm³/mol. The molecule has 0 unspecified atom stereocenters. The summed E-state index contributed by atoms with van der Waals surface area (Å²) in [5, 5.41) is 11.7. The molecule has 0 aliphatic rings. The van der Waals surface area contributed by atoms with Crippen LogP contribution >= 0.6 is 0 Å². The number of ether oxygens (including phenoxy) is 1. The van der Waals surface area contributed by atoms with E-state index in [4.69, 9.17) is 9.84 Å². The van der Waals surface area contributed by atoms with Crippen LogP contribution in [0.1, 0.15) is 26.3 Å². The molecular formula is C16H15NO4. The maximum absolute atomic E-state index is 12.2. The fraction of sp³-hybridized carbons (Fsp3) is 0.125. The molecule has 0 radical (unpaired) electrons. The Kier molecular flexibility index (Phi) is 4.23. The molecule has 0 fully saturated rings. The number of benzene rings is 2. The van der Waals surface area contributed by atoms with Crippen molar-refractivity contribution in [2.75, 3.05) is 12.4 Å². The number of methoxy groups -OCH3 is 1. The second-order valence-corrected chi connectivity index (χ2v) is 4.49. The molecule has 5 heteroatoms. The Hall–Kier alpha value is -2.82. The highest BCUT2D eigenvalue weighted by Crippen LogP contribution is 2.26. The average Bonchev–Trinajstić information content (AvgIpc) is 2.47. The van der Waals surface area contributed by atoms with Crippen molar-refractivity contribution in [2.45, 2.75) is 6.92 Å². The summed E-state index contributed by atoms with van der Waals surface area (Å²) in [6, 6.07) is 11.5. The van der Waals surface area contributed by atoms with E-state index < -0.39 is 5.97 Å². The normalized spacial score (nSPS) is 10.0. The lowest BCUT2D eigenvalue weighted by Crippen LogP contribution is -2.14. The molecule has 2 aromatic rings. The fourth-order valence-corrected chi connectivity index (χ4v) is 1.94. The van der Waals surface area contributed by atoms with Crippen LogP contribution in [-0.4, -0.2) is 24.1 Å². The van der Waals surface area contributed by atoms with Gasteiger partial charge in [0, 0.05) is 5.56 Å². The van der Waals surface area contributed by atoms with Crippen LogP contribution in [-0.2, 0) is 0 Å². The zero-order valence-corrected chi connectivity index (χ0v) is 11.7. The number of hydrogen-bond donors (Lipinski definition) is 2. The number of aryl methyl sites for hydroxylation is 1. The molecule has 21 heavy (non-hydrogen) atoms. The van der Waals surface area contributed by atoms with E-state index in [2.05, 4.69) is 5.32 Å². The molecule has 0 aliphatic carbocycles. The van der Waals surface area contributed by atoms with Crippen LogP contribution < -0.4 is 10.1 Å². The number of aromatic carboxylic acids is 1. The Morgan fingerprint density at radius 1 is 1.14 bits per heavy atom. The summed E-state index contributed by atoms with van der Waals surface area (Å²) < 4.78 is 5.13. The average molecular weight is 285 g/mol. The van der Waals surface area contributed by atoms with Gasteiger partial charge in [-0.3, -0.25) is 4.79 Å². The number of amides is 1. The molecule has 0 heterocycles. The summed E-state index contributed by atoms with van der Waals surface area (Å²) in [6.45, 7) is 1.85. The molecular weight excluding hydrogens is 270 g/mol. The Bertz CT molecular complexity index is 694. The number of carbonyl (C=O) groups is 2. The molecule has 0 atom stereocenters. The van der Waals surface area contributed by atoms with E-state index in [0.717, 1.165) is 5.56 Å². The molecule has 0 bridgehead atoms. The highest BCUT2D eigenvalue weighted by Gasteiger charge is 2.13. The van der Waals surface area contributed by atoms with E-state index in [1.807, 2.05) is 19.1 Å². The van der Waals surface area contributed by atoms with Crippen molar-refractivity contribution in [2.24, 2.45) is 0 Å². The van der Waals surface area contributed by atoms with Gasteiger partial charge in [0.25, 0.3) is 5.91 Å². The predicted octanol–water partition coefficient (Wildman–Crippen LogP) is 2.95. The first-order valence-electron chi connectivity index (χ1n) is 6.31. The minimum atomic E-state index is -1.05. The minimum absolute atomic E-state index is 0.0979. The van der Waals surface area contributed by atoms with E-state index in [-0.39, 0.29) is 11.5 Å². The summed E-state index contributed by atoms with van der Waals surface area (Å²) in [5.74, 6) is -1.02. The fourth-order valence-electron chi connectivity index (χ4n) is 1.94. The second-order valence-electron chi connectivity index (χ2n) is 4.49. The molecule has 0 saturated carbocycles. The molecule has 5 nitrogen and oxygen atoms in total. The molecule has 0 saturated heterocycles. The Balaban J connectivity index is 2.29. The third-order valence-corrected chi connectivity index (χ3v) is 3.09. The van der Waals surface area contributed by atoms with E-state index in [9.17, 15) is 9.59 Å². The Morgan fingerprint density at radius 2 is 1.86 bits per heavy atom. The summed E-state index contributed by atoms with van der Waals surface area (Å²) >= 11 is 0. The van der Waals surface area contributed by atoms with Crippen molar-refractivity contribution >= 4 is 17.6 Å². The number of rotatable bonds is 4. The van der Waals surface area contributed by atoms with E-state index in [1.54, 1.807) is 12.1 Å². The Morgan fingerprint density at radius 3 is 2.48 bits per heavy atom. The largest absolute Gasteiger partial charge is 0.495 e. The SMILES string of the molecule is COc1cc(C(=O)O)ccc1NC(=O)c1ccccc1C. The quantitative estimate of drug-likeness (QED) is 0.905. The molecule has 108 valence electrons. The maximum Gasteiger partial charge on any atom is 0.335 e. The maximum atomic E-state index is 12.2. The lowest BCUT2D eigenvalue weighted by atomic mass is 10.1. The molecule has 1 amide bonds. The highest BCUT2D eigenvalue weighted by atomic mass is 16.5. The molecule has 2 aromatic carbocycles. The lowest BCUT2D eigenvalue weighted by molar-refractivity contribution is 0.0696. The van der Waals surface area contributed by atoms with Gasteiger partial charge < -0.3 is 15.2 Å². The molecule has 0 aliphatic heterocycles. The third kappa shape index (κ3) is 3.20. The second kappa shape index (κ2) is 6.09. The van der Waals surface area contributed by atoms with Gasteiger partial charge in [-0.15, -0.1) is 0 Å². The topological polar surface area (TPSA) is 75.6 Å². The van der Waals surface area contributed by atoms with E-state index in [0.29, 0.717) is 17.0 Å². The number of carbonyl (C=O) groups excluding carboxylic acids is 1. The van der Waals surface area contributed by atoms with Gasteiger partial charge in [-0.05, 0) is 36.8 Å². The summed E-state index contributed by atoms with van der Waals surface area (Å²) in [7, 11) is 1.42. The van der Waals surface area contributed by atoms with Crippen LogP contribution in [0.4, 0.5) is 5.69 Å². The van der Waals surface area contributed by atoms with Gasteiger partial charge >= 0.3 is 5.97 Å². The monoisotopic (exact) mass is 285 g/mol. The van der Waals surface area contributed by atoms with E-state index in [1.165, 1.54) is 25.3 Å². The van der Waals surface area contributed by atoms with Crippen LogP contribution in [0.25, 0.3) is 0 Å². The van der Waals surface area contributed by atoms with Gasteiger partial charge in [0.1, 0.15) is 5.75 Å². The van der Waals surface area contributed by atoms with Crippen molar-refractivity contribution in [1.29, 1.82) is 0 Å². The lowest BCUT2D eigenvalue weighted by Gasteiger charge is -2.12. The smallest absolute Gasteiger partial charge is 0.335 e. The molecule has 2 N–H and O–H groups in total. The summed E-state index contributed by atoms with van der Waals surface area (Å²) in [6.07, 6.45) is 0. The van der Waals surface area contributed by atoms with Crippen LogP contribution in [0.15, 0.2) is 42.5 Å². The van der Waals surface area contributed by atoms with Gasteiger partial charge in [-0.25, -0.2) is 4.79 Å². The number of carboxylic acids is 1. The van der Waals surface area contributed by atoms with Crippen LogP contribution in [0, 0.1) is 6.92 Å². The zero-order chi connectivity index (χ0) is 15.4. The minimum Gasteiger partial charge on any atom is -0.495 e. The highest BCUT2D eigenvalue weighted by molar-refractivity contribution is 6.06. The van der Waals surface area contributed by atoms with Crippen molar-refractivity contribution < 1.29 is 19.4 Å². The zero-order valence-electron chi connectivity index (χ0n) is 11.7. The molecule has 0 aromatic heterocycles. The summed E-state index contributed by atoms with van der Waals surface area (Å²) in [5.41, 5.74) is 1.94. The summed E-state index contributed by atoms with van der Waals surface area (Å²) in [4.78, 5) is 23.2. The van der Waals surface area contributed by atoms with Crippen molar-refractivity contribution in [3.05, 3.63) is 59.2 Å². The molecule has 2 rings (SSSR count). The standard InChI is InChI=1S/C16H15NO4/c1-10-5-3-4-6-12(10)15(18)17-13-8-7-11(16(19)20)9-14(13)21-2/h3-9H,1-2H3,(H,17,18)(H,19,20). The van der Waals surface area contributed by atoms with Gasteiger partial charge in [-0.1, -0.05) is 18.2 Å². The Labute approximate surface area is 122 Å². The third-order valence-electron chi connectivity index (χ3n) is 3.09. The van der Waals surface area contributed by atoms with Crippen molar-refractivity contribution in [1.82, 2.24) is 0 Å². The number of hydrogen-bond acceptors (Lipinski definition) is 3. The van der Waals surface area contributed by atoms with Crippen molar-refractivity contribution in [3.8, 4) is 5.75 Å². The van der Waals surface area contributed by atoms with Gasteiger partial charge in [0.05, 0.1) is 18.4 Å². The van der Waals surface area contributed by atoms with Gasteiger partial charge in [-0.2, -0.15) is 0 Å². The first kappa shape index (κ1) is 14.6.